The number of carbonyl (C=O) groups excluding carboxylic acids is 2. The van der Waals surface area contributed by atoms with E-state index in [4.69, 9.17) is 0 Å². The summed E-state index contributed by atoms with van der Waals surface area (Å²) in [6.07, 6.45) is 1.20. The molecular weight excluding hydrogens is 326 g/mol. The van der Waals surface area contributed by atoms with Crippen LogP contribution in [-0.4, -0.2) is 30.6 Å². The van der Waals surface area contributed by atoms with Crippen molar-refractivity contribution in [2.45, 2.75) is 38.8 Å². The molecule has 2 aromatic carbocycles. The van der Waals surface area contributed by atoms with E-state index < -0.39 is 0 Å². The van der Waals surface area contributed by atoms with E-state index in [0.717, 1.165) is 23.4 Å². The molecular formula is C21H23N3O2. The van der Waals surface area contributed by atoms with Crippen molar-refractivity contribution in [2.24, 2.45) is 0 Å². The van der Waals surface area contributed by atoms with Crippen LogP contribution in [-0.2, 0) is 11.2 Å². The minimum absolute atomic E-state index is 0.0500. The van der Waals surface area contributed by atoms with E-state index in [0.29, 0.717) is 13.0 Å². The number of nitrogens with one attached hydrogen (secondary N) is 1. The molecule has 2 aliphatic rings. The van der Waals surface area contributed by atoms with Gasteiger partial charge in [0.25, 0.3) is 0 Å². The van der Waals surface area contributed by atoms with E-state index in [1.165, 1.54) is 5.56 Å². The van der Waals surface area contributed by atoms with E-state index in [-0.39, 0.29) is 24.0 Å². The van der Waals surface area contributed by atoms with Crippen molar-refractivity contribution in [3.05, 3.63) is 59.7 Å². The van der Waals surface area contributed by atoms with Crippen LogP contribution in [0.25, 0.3) is 0 Å². The molecule has 1 N–H and O–H groups in total. The van der Waals surface area contributed by atoms with Crippen molar-refractivity contribution in [2.75, 3.05) is 16.3 Å². The zero-order valence-electron chi connectivity index (χ0n) is 15.1. The van der Waals surface area contributed by atoms with Gasteiger partial charge in [0, 0.05) is 30.4 Å². The lowest BCUT2D eigenvalue weighted by atomic mass is 10.1. The average Bonchev–Trinajstić information content (AvgIpc) is 3.14. The number of hydrogen-bond acceptors (Lipinski definition) is 2. The Morgan fingerprint density at radius 2 is 1.81 bits per heavy atom. The van der Waals surface area contributed by atoms with E-state index in [1.807, 2.05) is 54.3 Å². The topological polar surface area (TPSA) is 52.7 Å². The summed E-state index contributed by atoms with van der Waals surface area (Å²) in [5, 5.41) is 3.06. The summed E-state index contributed by atoms with van der Waals surface area (Å²) in [5.74, 6) is 0.0500. The normalized spacial score (nSPS) is 21.8. The zero-order chi connectivity index (χ0) is 18.3. The van der Waals surface area contributed by atoms with Gasteiger partial charge in [-0.05, 0) is 44.0 Å². The number of para-hydroxylation sites is 1. The van der Waals surface area contributed by atoms with E-state index in [2.05, 4.69) is 18.3 Å². The van der Waals surface area contributed by atoms with Crippen LogP contribution >= 0.6 is 0 Å². The Kier molecular flexibility index (Phi) is 4.15. The number of nitrogens with zero attached hydrogens (tertiary/aromatic N) is 2. The smallest absolute Gasteiger partial charge is 0.322 e. The van der Waals surface area contributed by atoms with Gasteiger partial charge in [0.2, 0.25) is 5.91 Å². The average molecular weight is 349 g/mol. The molecule has 0 radical (unpaired) electrons. The monoisotopic (exact) mass is 349 g/mol. The molecule has 2 atom stereocenters. The van der Waals surface area contributed by atoms with Crippen molar-refractivity contribution in [1.29, 1.82) is 0 Å². The lowest BCUT2D eigenvalue weighted by molar-refractivity contribution is -0.117. The highest BCUT2D eigenvalue weighted by molar-refractivity contribution is 5.99. The van der Waals surface area contributed by atoms with Gasteiger partial charge in [-0.15, -0.1) is 0 Å². The van der Waals surface area contributed by atoms with Crippen LogP contribution in [0.3, 0.4) is 0 Å². The summed E-state index contributed by atoms with van der Waals surface area (Å²) in [5.41, 5.74) is 4.21. The number of anilines is 2. The molecule has 26 heavy (non-hydrogen) atoms. The second-order valence-corrected chi connectivity index (χ2v) is 7.24. The molecule has 2 aliphatic heterocycles. The molecule has 1 saturated heterocycles. The highest BCUT2D eigenvalue weighted by Crippen LogP contribution is 2.32. The molecule has 0 bridgehead atoms. The number of aryl methyl sites for hydroxylation is 1. The summed E-state index contributed by atoms with van der Waals surface area (Å²) in [4.78, 5) is 28.8. The second-order valence-electron chi connectivity index (χ2n) is 7.24. The minimum atomic E-state index is -0.170. The highest BCUT2D eigenvalue weighted by atomic mass is 16.2. The quantitative estimate of drug-likeness (QED) is 0.905. The lowest BCUT2D eigenvalue weighted by Gasteiger charge is -2.25. The maximum absolute atomic E-state index is 12.9. The van der Waals surface area contributed by atoms with Crippen molar-refractivity contribution < 1.29 is 9.59 Å². The third-order valence-electron chi connectivity index (χ3n) is 5.22. The Labute approximate surface area is 153 Å². The number of urea groups is 1. The number of hydrogen-bond donors (Lipinski definition) is 1. The molecule has 0 aromatic heterocycles. The SMILES string of the molecule is Cc1ccc(N2C[C@H](NC(=O)N3c4ccccc4C[C@@H]3C)CC2=O)cc1. The van der Waals surface area contributed by atoms with E-state index in [1.54, 1.807) is 4.90 Å². The third-order valence-corrected chi connectivity index (χ3v) is 5.22. The molecule has 5 heteroatoms. The molecule has 1 fully saturated rings. The van der Waals surface area contributed by atoms with Gasteiger partial charge in [-0.1, -0.05) is 35.9 Å². The Balaban J connectivity index is 1.46. The van der Waals surface area contributed by atoms with Crippen molar-refractivity contribution in [3.63, 3.8) is 0 Å². The first-order valence-corrected chi connectivity index (χ1v) is 9.07. The number of amides is 3. The summed E-state index contributed by atoms with van der Waals surface area (Å²) in [6, 6.07) is 15.7. The van der Waals surface area contributed by atoms with Gasteiger partial charge in [-0.25, -0.2) is 4.79 Å². The Bertz CT molecular complexity index is 847. The molecule has 0 unspecified atom stereocenters. The number of rotatable bonds is 2. The molecule has 134 valence electrons. The van der Waals surface area contributed by atoms with Gasteiger partial charge < -0.3 is 10.2 Å². The number of carbonyl (C=O) groups is 2. The van der Waals surface area contributed by atoms with Gasteiger partial charge in [-0.3, -0.25) is 9.69 Å². The summed E-state index contributed by atoms with van der Waals surface area (Å²) in [6.45, 7) is 4.59. The van der Waals surface area contributed by atoms with Crippen molar-refractivity contribution >= 4 is 23.3 Å². The van der Waals surface area contributed by atoms with Crippen molar-refractivity contribution in [1.82, 2.24) is 5.32 Å². The molecule has 2 aromatic rings. The molecule has 5 nitrogen and oxygen atoms in total. The van der Waals surface area contributed by atoms with E-state index in [9.17, 15) is 9.59 Å². The fraction of sp³-hybridized carbons (Fsp3) is 0.333. The van der Waals surface area contributed by atoms with Gasteiger partial charge in [0.1, 0.15) is 0 Å². The summed E-state index contributed by atoms with van der Waals surface area (Å²) >= 11 is 0. The Hall–Kier alpha value is -2.82. The van der Waals surface area contributed by atoms with Crippen LogP contribution in [0, 0.1) is 6.92 Å². The fourth-order valence-corrected chi connectivity index (χ4v) is 3.90. The molecule has 0 aliphatic carbocycles. The van der Waals surface area contributed by atoms with E-state index >= 15 is 0 Å². The lowest BCUT2D eigenvalue weighted by Crippen LogP contribution is -2.48. The molecule has 0 saturated carbocycles. The minimum Gasteiger partial charge on any atom is -0.333 e. The fourth-order valence-electron chi connectivity index (χ4n) is 3.90. The Morgan fingerprint density at radius 1 is 1.08 bits per heavy atom. The van der Waals surface area contributed by atoms with Gasteiger partial charge in [0.15, 0.2) is 0 Å². The van der Waals surface area contributed by atoms with Gasteiger partial charge in [-0.2, -0.15) is 0 Å². The predicted molar refractivity (Wildman–Crippen MR) is 103 cm³/mol. The standard InChI is InChI=1S/C21H23N3O2/c1-14-7-9-18(10-8-14)23-13-17(12-20(23)25)22-21(26)24-15(2)11-16-5-3-4-6-19(16)24/h3-10,15,17H,11-13H2,1-2H3,(H,22,26)/t15-,17+/m0/s1. The first kappa shape index (κ1) is 16.6. The highest BCUT2D eigenvalue weighted by Gasteiger charge is 2.35. The maximum Gasteiger partial charge on any atom is 0.322 e. The summed E-state index contributed by atoms with van der Waals surface area (Å²) < 4.78 is 0. The first-order valence-electron chi connectivity index (χ1n) is 9.07. The van der Waals surface area contributed by atoms with Crippen LogP contribution < -0.4 is 15.1 Å². The molecule has 3 amide bonds. The first-order chi connectivity index (χ1) is 12.5. The third kappa shape index (κ3) is 2.94. The van der Waals surface area contributed by atoms with Gasteiger partial charge >= 0.3 is 6.03 Å². The van der Waals surface area contributed by atoms with Crippen LogP contribution in [0.5, 0.6) is 0 Å². The number of fused-ring (bicyclic) bond motifs is 1. The van der Waals surface area contributed by atoms with Crippen molar-refractivity contribution in [3.8, 4) is 0 Å². The Morgan fingerprint density at radius 3 is 2.58 bits per heavy atom. The molecule has 0 spiro atoms. The molecule has 2 heterocycles. The summed E-state index contributed by atoms with van der Waals surface area (Å²) in [7, 11) is 0. The van der Waals surface area contributed by atoms with Crippen LogP contribution in [0.15, 0.2) is 48.5 Å². The maximum atomic E-state index is 12.9. The van der Waals surface area contributed by atoms with Crippen LogP contribution in [0.2, 0.25) is 0 Å². The zero-order valence-corrected chi connectivity index (χ0v) is 15.1. The van der Waals surface area contributed by atoms with Crippen LogP contribution in [0.4, 0.5) is 16.2 Å². The number of benzene rings is 2. The van der Waals surface area contributed by atoms with Gasteiger partial charge in [0.05, 0.1) is 6.04 Å². The second kappa shape index (κ2) is 6.48. The largest absolute Gasteiger partial charge is 0.333 e. The predicted octanol–water partition coefficient (Wildman–Crippen LogP) is 3.26. The van der Waals surface area contributed by atoms with Crippen LogP contribution in [0.1, 0.15) is 24.5 Å². The molecule has 4 rings (SSSR count).